The van der Waals surface area contributed by atoms with Crippen molar-refractivity contribution in [3.63, 3.8) is 0 Å². The van der Waals surface area contributed by atoms with E-state index in [1.807, 2.05) is 54.6 Å². The van der Waals surface area contributed by atoms with Crippen LogP contribution in [0.25, 0.3) is 0 Å². The second-order valence-electron chi connectivity index (χ2n) is 8.04. The number of nitrogens with one attached hydrogen (secondary N) is 1. The van der Waals surface area contributed by atoms with Gasteiger partial charge < -0.3 is 10.1 Å². The normalized spacial score (nSPS) is 14.8. The predicted octanol–water partition coefficient (Wildman–Crippen LogP) is 5.42. The Morgan fingerprint density at radius 3 is 2.21 bits per heavy atom. The van der Waals surface area contributed by atoms with Gasteiger partial charge in [0.1, 0.15) is 5.75 Å². The zero-order valence-electron chi connectivity index (χ0n) is 18.9. The van der Waals surface area contributed by atoms with Gasteiger partial charge in [0.2, 0.25) is 10.0 Å². The fourth-order valence-corrected chi connectivity index (χ4v) is 6.19. The molecule has 4 rings (SSSR count). The molecule has 178 valence electrons. The molecule has 3 aromatic carbocycles. The Morgan fingerprint density at radius 2 is 1.50 bits per heavy atom. The van der Waals surface area contributed by atoms with Gasteiger partial charge in [0.05, 0.1) is 10.6 Å². The molecule has 0 saturated carbocycles. The van der Waals surface area contributed by atoms with Crippen molar-refractivity contribution in [1.82, 2.24) is 4.31 Å². The molecule has 1 amide bonds. The molecule has 1 aliphatic rings. The molecule has 8 heteroatoms. The number of anilines is 1. The van der Waals surface area contributed by atoms with Crippen LogP contribution in [0.15, 0.2) is 93.5 Å². The lowest BCUT2D eigenvalue weighted by Gasteiger charge is -2.20. The van der Waals surface area contributed by atoms with Crippen molar-refractivity contribution in [2.45, 2.75) is 40.4 Å². The lowest BCUT2D eigenvalue weighted by Crippen LogP contribution is -2.31. The number of amides is 1. The molecule has 0 bridgehead atoms. The summed E-state index contributed by atoms with van der Waals surface area (Å²) < 4.78 is 33.0. The fourth-order valence-electron chi connectivity index (χ4n) is 3.75. The van der Waals surface area contributed by atoms with E-state index in [1.54, 1.807) is 40.3 Å². The first-order valence-electron chi connectivity index (χ1n) is 11.4. The number of carbonyl (C=O) groups is 1. The minimum absolute atomic E-state index is 0.178. The van der Waals surface area contributed by atoms with E-state index in [0.29, 0.717) is 24.5 Å². The molecule has 1 N–H and O–H groups in total. The summed E-state index contributed by atoms with van der Waals surface area (Å²) in [6.07, 6.45) is 3.91. The number of carbonyl (C=O) groups excluding carboxylic acids is 1. The number of ether oxygens (including phenoxy) is 1. The van der Waals surface area contributed by atoms with E-state index in [-0.39, 0.29) is 17.4 Å². The molecule has 0 atom stereocenters. The van der Waals surface area contributed by atoms with Crippen molar-refractivity contribution in [3.05, 3.63) is 78.9 Å². The molecule has 3 aromatic rings. The molecule has 1 saturated heterocycles. The SMILES string of the molecule is O=C(COc1ccc(S(=O)(=O)N2CCCCCC2)cc1)Nc1ccccc1Sc1ccccc1. The van der Waals surface area contributed by atoms with Gasteiger partial charge in [0, 0.05) is 22.9 Å². The highest BCUT2D eigenvalue weighted by molar-refractivity contribution is 7.99. The first-order valence-corrected chi connectivity index (χ1v) is 13.6. The van der Waals surface area contributed by atoms with Crippen molar-refractivity contribution in [1.29, 1.82) is 0 Å². The summed E-state index contributed by atoms with van der Waals surface area (Å²) in [5.74, 6) is 0.152. The Bertz CT molecular complexity index is 1190. The summed E-state index contributed by atoms with van der Waals surface area (Å²) in [7, 11) is -3.51. The Labute approximate surface area is 205 Å². The third-order valence-electron chi connectivity index (χ3n) is 5.53. The van der Waals surface area contributed by atoms with E-state index in [0.717, 1.165) is 35.5 Å². The minimum Gasteiger partial charge on any atom is -0.484 e. The highest BCUT2D eigenvalue weighted by atomic mass is 32.2. The van der Waals surface area contributed by atoms with Crippen LogP contribution in [0.5, 0.6) is 5.75 Å². The number of rotatable bonds is 8. The molecule has 0 aliphatic carbocycles. The molecule has 1 heterocycles. The van der Waals surface area contributed by atoms with E-state index in [4.69, 9.17) is 4.74 Å². The first-order chi connectivity index (χ1) is 16.5. The zero-order valence-corrected chi connectivity index (χ0v) is 20.5. The Hall–Kier alpha value is -2.81. The van der Waals surface area contributed by atoms with Crippen molar-refractivity contribution in [2.75, 3.05) is 25.0 Å². The van der Waals surface area contributed by atoms with Crippen molar-refractivity contribution in [3.8, 4) is 5.75 Å². The molecule has 0 radical (unpaired) electrons. The Balaban J connectivity index is 1.34. The fraction of sp³-hybridized carbons (Fsp3) is 0.269. The summed E-state index contributed by atoms with van der Waals surface area (Å²) in [4.78, 5) is 14.8. The molecular formula is C26H28N2O4S2. The molecule has 0 unspecified atom stereocenters. The molecule has 6 nitrogen and oxygen atoms in total. The number of hydrogen-bond donors (Lipinski definition) is 1. The van der Waals surface area contributed by atoms with Crippen molar-refractivity contribution in [2.24, 2.45) is 0 Å². The summed E-state index contributed by atoms with van der Waals surface area (Å²) in [6, 6.07) is 23.8. The largest absolute Gasteiger partial charge is 0.484 e. The van der Waals surface area contributed by atoms with Crippen LogP contribution in [-0.2, 0) is 14.8 Å². The van der Waals surface area contributed by atoms with Gasteiger partial charge >= 0.3 is 0 Å². The zero-order chi connectivity index (χ0) is 23.8. The lowest BCUT2D eigenvalue weighted by molar-refractivity contribution is -0.118. The maximum absolute atomic E-state index is 12.9. The van der Waals surface area contributed by atoms with Gasteiger partial charge in [0.15, 0.2) is 6.61 Å². The maximum Gasteiger partial charge on any atom is 0.262 e. The average Bonchev–Trinajstić information content (AvgIpc) is 3.15. The second kappa shape index (κ2) is 11.6. The third-order valence-corrected chi connectivity index (χ3v) is 8.53. The van der Waals surface area contributed by atoms with Crippen molar-refractivity contribution >= 4 is 33.4 Å². The highest BCUT2D eigenvalue weighted by Crippen LogP contribution is 2.33. The number of hydrogen-bond acceptors (Lipinski definition) is 5. The van der Waals surface area contributed by atoms with Gasteiger partial charge in [-0.25, -0.2) is 8.42 Å². The van der Waals surface area contributed by atoms with Crippen LogP contribution in [0.1, 0.15) is 25.7 Å². The number of sulfonamides is 1. The van der Waals surface area contributed by atoms with Gasteiger partial charge in [-0.1, -0.05) is 54.9 Å². The van der Waals surface area contributed by atoms with E-state index < -0.39 is 10.0 Å². The van der Waals surface area contributed by atoms with E-state index >= 15 is 0 Å². The minimum atomic E-state index is -3.51. The predicted molar refractivity (Wildman–Crippen MR) is 135 cm³/mol. The molecule has 1 fully saturated rings. The van der Waals surface area contributed by atoms with Gasteiger partial charge in [0.25, 0.3) is 5.91 Å². The molecular weight excluding hydrogens is 468 g/mol. The quantitative estimate of drug-likeness (QED) is 0.451. The summed E-state index contributed by atoms with van der Waals surface area (Å²) in [6.45, 7) is 0.943. The van der Waals surface area contributed by atoms with E-state index in [9.17, 15) is 13.2 Å². The Morgan fingerprint density at radius 1 is 0.853 bits per heavy atom. The topological polar surface area (TPSA) is 75.7 Å². The smallest absolute Gasteiger partial charge is 0.262 e. The van der Waals surface area contributed by atoms with E-state index in [1.165, 1.54) is 0 Å². The highest BCUT2D eigenvalue weighted by Gasteiger charge is 2.25. The molecule has 0 spiro atoms. The van der Waals surface area contributed by atoms with Crippen LogP contribution >= 0.6 is 11.8 Å². The molecule has 1 aliphatic heterocycles. The number of benzene rings is 3. The van der Waals surface area contributed by atoms with Crippen LogP contribution in [0.3, 0.4) is 0 Å². The summed E-state index contributed by atoms with van der Waals surface area (Å²) in [5.41, 5.74) is 0.712. The number of nitrogens with zero attached hydrogens (tertiary/aromatic N) is 1. The third kappa shape index (κ3) is 6.40. The first kappa shape index (κ1) is 24.3. The average molecular weight is 497 g/mol. The standard InChI is InChI=1S/C26H28N2O4S2/c29-26(27-24-12-6-7-13-25(24)33-22-10-4-3-5-11-22)20-32-21-14-16-23(17-15-21)34(30,31)28-18-8-1-2-9-19-28/h3-7,10-17H,1-2,8-9,18-20H2,(H,27,29). The van der Waals surface area contributed by atoms with Crippen molar-refractivity contribution < 1.29 is 17.9 Å². The van der Waals surface area contributed by atoms with Gasteiger partial charge in [-0.2, -0.15) is 4.31 Å². The summed E-state index contributed by atoms with van der Waals surface area (Å²) in [5, 5.41) is 2.90. The monoisotopic (exact) mass is 496 g/mol. The van der Waals surface area contributed by atoms with Gasteiger partial charge in [-0.05, 0) is 61.4 Å². The summed E-state index contributed by atoms with van der Waals surface area (Å²) >= 11 is 1.57. The van der Waals surface area contributed by atoms with Gasteiger partial charge in [-0.3, -0.25) is 4.79 Å². The van der Waals surface area contributed by atoms with Crippen LogP contribution < -0.4 is 10.1 Å². The van der Waals surface area contributed by atoms with Gasteiger partial charge in [-0.15, -0.1) is 0 Å². The van der Waals surface area contributed by atoms with Crippen LogP contribution in [0.2, 0.25) is 0 Å². The second-order valence-corrected chi connectivity index (χ2v) is 11.1. The number of para-hydroxylation sites is 1. The Kier molecular flexibility index (Phi) is 8.26. The maximum atomic E-state index is 12.9. The van der Waals surface area contributed by atoms with Crippen LogP contribution in [0, 0.1) is 0 Å². The van der Waals surface area contributed by atoms with Crippen LogP contribution in [-0.4, -0.2) is 38.3 Å². The van der Waals surface area contributed by atoms with Crippen LogP contribution in [0.4, 0.5) is 5.69 Å². The molecule has 34 heavy (non-hydrogen) atoms. The molecule has 0 aromatic heterocycles. The van der Waals surface area contributed by atoms with E-state index in [2.05, 4.69) is 5.32 Å². The lowest BCUT2D eigenvalue weighted by atomic mass is 10.2.